The van der Waals surface area contributed by atoms with Crippen LogP contribution in [0.15, 0.2) is 12.2 Å². The first-order valence-corrected chi connectivity index (χ1v) is 6.02. The molecular formula is C13H20O2. The van der Waals surface area contributed by atoms with Crippen LogP contribution in [0.2, 0.25) is 0 Å². The van der Waals surface area contributed by atoms with E-state index in [0.717, 1.165) is 25.7 Å². The van der Waals surface area contributed by atoms with Gasteiger partial charge in [0, 0.05) is 0 Å². The van der Waals surface area contributed by atoms with E-state index in [1.54, 1.807) is 0 Å². The molecule has 0 aromatic carbocycles. The molecule has 0 amide bonds. The van der Waals surface area contributed by atoms with Crippen LogP contribution in [0.25, 0.3) is 0 Å². The third kappa shape index (κ3) is 1.82. The topological polar surface area (TPSA) is 26.3 Å². The van der Waals surface area contributed by atoms with Gasteiger partial charge in [-0.2, -0.15) is 0 Å². The highest BCUT2D eigenvalue weighted by molar-refractivity contribution is 5.78. The molecule has 0 N–H and O–H groups in total. The number of hydrogen-bond acceptors (Lipinski definition) is 2. The molecule has 1 fully saturated rings. The molecule has 2 aliphatic carbocycles. The van der Waals surface area contributed by atoms with Crippen LogP contribution in [0, 0.1) is 17.3 Å². The van der Waals surface area contributed by atoms with Gasteiger partial charge in [-0.15, -0.1) is 0 Å². The van der Waals surface area contributed by atoms with Crippen molar-refractivity contribution in [2.24, 2.45) is 17.3 Å². The first-order chi connectivity index (χ1) is 7.16. The van der Waals surface area contributed by atoms with Crippen LogP contribution < -0.4 is 0 Å². The normalized spacial score (nSPS) is 37.2. The van der Waals surface area contributed by atoms with Gasteiger partial charge in [0.15, 0.2) is 0 Å². The van der Waals surface area contributed by atoms with E-state index in [1.165, 1.54) is 0 Å². The summed E-state index contributed by atoms with van der Waals surface area (Å²) in [4.78, 5) is 12.0. The molecule has 1 saturated carbocycles. The highest BCUT2D eigenvalue weighted by Gasteiger charge is 2.50. The monoisotopic (exact) mass is 208 g/mol. The van der Waals surface area contributed by atoms with Gasteiger partial charge in [0.1, 0.15) is 0 Å². The lowest BCUT2D eigenvalue weighted by Gasteiger charge is -2.28. The molecule has 3 atom stereocenters. The number of rotatable bonds is 4. The second-order valence-corrected chi connectivity index (χ2v) is 5.10. The van der Waals surface area contributed by atoms with Crippen LogP contribution in [0.4, 0.5) is 0 Å². The summed E-state index contributed by atoms with van der Waals surface area (Å²) in [5, 5.41) is 0. The Bertz CT molecular complexity index is 282. The summed E-state index contributed by atoms with van der Waals surface area (Å²) >= 11 is 0. The van der Waals surface area contributed by atoms with E-state index in [9.17, 15) is 4.79 Å². The van der Waals surface area contributed by atoms with Crippen molar-refractivity contribution in [2.75, 3.05) is 6.61 Å². The van der Waals surface area contributed by atoms with Crippen molar-refractivity contribution in [1.82, 2.24) is 0 Å². The zero-order chi connectivity index (χ0) is 10.9. The minimum Gasteiger partial charge on any atom is -0.465 e. The maximum Gasteiger partial charge on any atom is 0.312 e. The summed E-state index contributed by atoms with van der Waals surface area (Å²) in [6, 6.07) is 0. The summed E-state index contributed by atoms with van der Waals surface area (Å²) in [7, 11) is 0. The molecule has 0 aromatic heterocycles. The first-order valence-electron chi connectivity index (χ1n) is 6.02. The predicted octanol–water partition coefficient (Wildman–Crippen LogP) is 2.93. The number of fused-ring (bicyclic) bond motifs is 2. The fourth-order valence-corrected chi connectivity index (χ4v) is 2.80. The lowest BCUT2D eigenvalue weighted by atomic mass is 9.78. The number of unbranched alkanes of at least 4 members (excludes halogenated alkanes) is 1. The van der Waals surface area contributed by atoms with Crippen molar-refractivity contribution in [1.29, 1.82) is 0 Å². The molecular weight excluding hydrogens is 188 g/mol. The third-order valence-electron chi connectivity index (χ3n) is 3.87. The molecule has 3 unspecified atom stereocenters. The highest BCUT2D eigenvalue weighted by atomic mass is 16.5. The molecule has 2 heteroatoms. The molecule has 0 radical (unpaired) electrons. The van der Waals surface area contributed by atoms with Gasteiger partial charge in [0.05, 0.1) is 12.0 Å². The average Bonchev–Trinajstić information content (AvgIpc) is 2.78. The molecule has 15 heavy (non-hydrogen) atoms. The van der Waals surface area contributed by atoms with Crippen LogP contribution in [-0.4, -0.2) is 12.6 Å². The van der Waals surface area contributed by atoms with Gasteiger partial charge in [-0.05, 0) is 38.0 Å². The van der Waals surface area contributed by atoms with Gasteiger partial charge in [0.2, 0.25) is 0 Å². The number of allylic oxidation sites excluding steroid dienone is 2. The van der Waals surface area contributed by atoms with E-state index in [0.29, 0.717) is 18.4 Å². The third-order valence-corrected chi connectivity index (χ3v) is 3.87. The molecule has 2 bridgehead atoms. The molecule has 0 spiro atoms. The Kier molecular flexibility index (Phi) is 2.85. The zero-order valence-corrected chi connectivity index (χ0v) is 9.66. The molecule has 2 nitrogen and oxygen atoms in total. The van der Waals surface area contributed by atoms with E-state index in [4.69, 9.17) is 4.74 Å². The van der Waals surface area contributed by atoms with Crippen LogP contribution >= 0.6 is 0 Å². The second kappa shape index (κ2) is 3.99. The van der Waals surface area contributed by atoms with Crippen LogP contribution in [0.1, 0.15) is 39.5 Å². The van der Waals surface area contributed by atoms with Gasteiger partial charge in [-0.25, -0.2) is 0 Å². The lowest BCUT2D eigenvalue weighted by Crippen LogP contribution is -2.33. The van der Waals surface area contributed by atoms with Gasteiger partial charge < -0.3 is 4.74 Å². The second-order valence-electron chi connectivity index (χ2n) is 5.10. The smallest absolute Gasteiger partial charge is 0.312 e. The minimum absolute atomic E-state index is 0.0211. The van der Waals surface area contributed by atoms with E-state index in [-0.39, 0.29) is 11.4 Å². The Morgan fingerprint density at radius 1 is 1.53 bits per heavy atom. The Morgan fingerprint density at radius 3 is 2.87 bits per heavy atom. The van der Waals surface area contributed by atoms with Crippen molar-refractivity contribution >= 4 is 5.97 Å². The number of esters is 1. The zero-order valence-electron chi connectivity index (χ0n) is 9.66. The maximum atomic E-state index is 12.0. The van der Waals surface area contributed by atoms with Crippen LogP contribution in [0.5, 0.6) is 0 Å². The van der Waals surface area contributed by atoms with Gasteiger partial charge in [0.25, 0.3) is 0 Å². The molecule has 2 rings (SSSR count). The Morgan fingerprint density at radius 2 is 2.33 bits per heavy atom. The number of carbonyl (C=O) groups excluding carboxylic acids is 1. The highest BCUT2D eigenvalue weighted by Crippen LogP contribution is 2.52. The van der Waals surface area contributed by atoms with E-state index in [1.807, 2.05) is 0 Å². The number of carbonyl (C=O) groups is 1. The molecule has 0 aromatic rings. The van der Waals surface area contributed by atoms with Crippen molar-refractivity contribution in [3.63, 3.8) is 0 Å². The Hall–Kier alpha value is -0.790. The molecule has 2 aliphatic rings. The lowest BCUT2D eigenvalue weighted by molar-refractivity contribution is -0.156. The Labute approximate surface area is 91.7 Å². The predicted molar refractivity (Wildman–Crippen MR) is 59.3 cm³/mol. The van der Waals surface area contributed by atoms with E-state index in [2.05, 4.69) is 26.0 Å². The largest absolute Gasteiger partial charge is 0.465 e. The number of hydrogen-bond donors (Lipinski definition) is 0. The molecule has 84 valence electrons. The SMILES string of the molecule is CCCCOC(=O)C1(C)CC2C=CC1C2. The molecule has 0 aliphatic heterocycles. The van der Waals surface area contributed by atoms with Crippen LogP contribution in [-0.2, 0) is 9.53 Å². The molecule has 0 saturated heterocycles. The summed E-state index contributed by atoms with van der Waals surface area (Å²) < 4.78 is 5.35. The Balaban J connectivity index is 1.92. The fraction of sp³-hybridized carbons (Fsp3) is 0.769. The fourth-order valence-electron chi connectivity index (χ4n) is 2.80. The quantitative estimate of drug-likeness (QED) is 0.403. The standard InChI is InChI=1S/C13H20O2/c1-3-4-7-15-12(14)13(2)9-10-5-6-11(13)8-10/h5-6,10-11H,3-4,7-9H2,1-2H3. The van der Waals surface area contributed by atoms with Crippen molar-refractivity contribution in [3.05, 3.63) is 12.2 Å². The minimum atomic E-state index is -0.229. The first kappa shape index (κ1) is 10.7. The van der Waals surface area contributed by atoms with Gasteiger partial charge in [-0.1, -0.05) is 25.5 Å². The number of ether oxygens (including phenoxy) is 1. The van der Waals surface area contributed by atoms with Crippen molar-refractivity contribution in [2.45, 2.75) is 39.5 Å². The van der Waals surface area contributed by atoms with Crippen molar-refractivity contribution < 1.29 is 9.53 Å². The van der Waals surface area contributed by atoms with Crippen LogP contribution in [0.3, 0.4) is 0 Å². The van der Waals surface area contributed by atoms with Gasteiger partial charge in [-0.3, -0.25) is 4.79 Å². The summed E-state index contributed by atoms with van der Waals surface area (Å²) in [5.74, 6) is 1.07. The summed E-state index contributed by atoms with van der Waals surface area (Å²) in [6.45, 7) is 4.76. The summed E-state index contributed by atoms with van der Waals surface area (Å²) in [6.07, 6.45) is 8.65. The van der Waals surface area contributed by atoms with Gasteiger partial charge >= 0.3 is 5.97 Å². The van der Waals surface area contributed by atoms with Crippen molar-refractivity contribution in [3.8, 4) is 0 Å². The van der Waals surface area contributed by atoms with E-state index >= 15 is 0 Å². The molecule has 0 heterocycles. The van der Waals surface area contributed by atoms with E-state index < -0.39 is 0 Å². The summed E-state index contributed by atoms with van der Waals surface area (Å²) in [5.41, 5.74) is -0.229. The maximum absolute atomic E-state index is 12.0. The average molecular weight is 208 g/mol.